The maximum absolute atomic E-state index is 13.3. The molecule has 2 aromatic carbocycles. The molecule has 0 N–H and O–H groups in total. The molecule has 0 aliphatic heterocycles. The molecule has 0 heterocycles. The van der Waals surface area contributed by atoms with Gasteiger partial charge in [0.05, 0.1) is 13.7 Å². The molecular formula is C23H26O4. The van der Waals surface area contributed by atoms with Crippen molar-refractivity contribution in [2.45, 2.75) is 33.8 Å². The highest BCUT2D eigenvalue weighted by Gasteiger charge is 2.20. The molecule has 2 rings (SSSR count). The van der Waals surface area contributed by atoms with Crippen LogP contribution in [0.1, 0.15) is 58.2 Å². The van der Waals surface area contributed by atoms with Gasteiger partial charge in [0.15, 0.2) is 11.6 Å². The Morgan fingerprint density at radius 2 is 1.70 bits per heavy atom. The highest BCUT2D eigenvalue weighted by atomic mass is 16.5. The van der Waals surface area contributed by atoms with E-state index in [9.17, 15) is 9.59 Å². The number of hydrogen-bond donors (Lipinski definition) is 0. The summed E-state index contributed by atoms with van der Waals surface area (Å²) in [6.45, 7) is 5.93. The Morgan fingerprint density at radius 3 is 2.30 bits per heavy atom. The van der Waals surface area contributed by atoms with Crippen LogP contribution in [0.5, 0.6) is 5.75 Å². The van der Waals surface area contributed by atoms with E-state index in [1.807, 2.05) is 32.0 Å². The third kappa shape index (κ3) is 4.92. The maximum atomic E-state index is 13.3. The first-order chi connectivity index (χ1) is 12.9. The van der Waals surface area contributed by atoms with Crippen LogP contribution in [0.3, 0.4) is 0 Å². The van der Waals surface area contributed by atoms with Gasteiger partial charge in [0, 0.05) is 23.8 Å². The first-order valence-electron chi connectivity index (χ1n) is 8.85. The van der Waals surface area contributed by atoms with Gasteiger partial charge in [-0.05, 0) is 56.5 Å². The van der Waals surface area contributed by atoms with Crippen molar-refractivity contribution in [1.82, 2.24) is 0 Å². The minimum Gasteiger partial charge on any atom is -0.497 e. The molecule has 0 saturated carbocycles. The Labute approximate surface area is 160 Å². The van der Waals surface area contributed by atoms with Crippen LogP contribution >= 0.6 is 0 Å². The van der Waals surface area contributed by atoms with E-state index in [0.29, 0.717) is 35.5 Å². The fourth-order valence-electron chi connectivity index (χ4n) is 2.97. The summed E-state index contributed by atoms with van der Waals surface area (Å²) < 4.78 is 10.5. The van der Waals surface area contributed by atoms with E-state index in [2.05, 4.69) is 6.08 Å². The summed E-state index contributed by atoms with van der Waals surface area (Å²) in [6.07, 6.45) is 2.72. The number of carbonyl (C=O) groups excluding carboxylic acids is 2. The second kappa shape index (κ2) is 9.28. The molecule has 0 unspecified atom stereocenters. The van der Waals surface area contributed by atoms with Crippen LogP contribution in [0.4, 0.5) is 0 Å². The van der Waals surface area contributed by atoms with Crippen LogP contribution in [0, 0.1) is 0 Å². The molecule has 0 aromatic heterocycles. The summed E-state index contributed by atoms with van der Waals surface area (Å²) in [5, 5.41) is 0. The van der Waals surface area contributed by atoms with Crippen LogP contribution in [0.2, 0.25) is 0 Å². The first-order valence-corrected chi connectivity index (χ1v) is 8.85. The number of allylic oxidation sites excluding steroid dienone is 2. The van der Waals surface area contributed by atoms with E-state index in [-0.39, 0.29) is 11.6 Å². The fourth-order valence-corrected chi connectivity index (χ4v) is 2.97. The maximum Gasteiger partial charge on any atom is 0.194 e. The number of benzene rings is 2. The molecule has 4 heteroatoms. The second-order valence-electron chi connectivity index (χ2n) is 6.66. The number of ether oxygens (including phenoxy) is 2. The average Bonchev–Trinajstić information content (AvgIpc) is 2.65. The first kappa shape index (κ1) is 20.6. The molecule has 142 valence electrons. The van der Waals surface area contributed by atoms with Gasteiger partial charge < -0.3 is 9.47 Å². The normalized spacial score (nSPS) is 10.4. The van der Waals surface area contributed by atoms with Gasteiger partial charge in [-0.2, -0.15) is 0 Å². The topological polar surface area (TPSA) is 52.6 Å². The number of methoxy groups -OCH3 is 2. The third-order valence-corrected chi connectivity index (χ3v) is 4.38. The number of hydrogen-bond acceptors (Lipinski definition) is 4. The summed E-state index contributed by atoms with van der Waals surface area (Å²) in [7, 11) is 3.17. The van der Waals surface area contributed by atoms with Crippen LogP contribution in [0.25, 0.3) is 0 Å². The van der Waals surface area contributed by atoms with E-state index in [1.165, 1.54) is 19.6 Å². The molecule has 4 nitrogen and oxygen atoms in total. The number of rotatable bonds is 8. The van der Waals surface area contributed by atoms with Crippen molar-refractivity contribution in [2.75, 3.05) is 14.2 Å². The SMILES string of the molecule is COCc1cccc(C(=O)c2ccc(OC)cc2C(C)=O)c1CC=C(C)C. The summed E-state index contributed by atoms with van der Waals surface area (Å²) in [5.74, 6) is 0.212. The molecule has 2 aromatic rings. The van der Waals surface area contributed by atoms with Crippen molar-refractivity contribution in [3.05, 3.63) is 75.9 Å². The summed E-state index contributed by atoms with van der Waals surface area (Å²) in [5.41, 5.74) is 4.42. The monoisotopic (exact) mass is 366 g/mol. The van der Waals surface area contributed by atoms with Crippen molar-refractivity contribution in [3.63, 3.8) is 0 Å². The van der Waals surface area contributed by atoms with Crippen LogP contribution in [-0.2, 0) is 17.8 Å². The average molecular weight is 366 g/mol. The Kier molecular flexibility index (Phi) is 7.08. The van der Waals surface area contributed by atoms with Gasteiger partial charge in [0.2, 0.25) is 0 Å². The lowest BCUT2D eigenvalue weighted by Gasteiger charge is -2.15. The van der Waals surface area contributed by atoms with Crippen molar-refractivity contribution in [3.8, 4) is 5.75 Å². The van der Waals surface area contributed by atoms with Gasteiger partial charge in [-0.25, -0.2) is 0 Å². The van der Waals surface area contributed by atoms with Gasteiger partial charge in [-0.1, -0.05) is 29.8 Å². The summed E-state index contributed by atoms with van der Waals surface area (Å²) >= 11 is 0. The predicted octanol–water partition coefficient (Wildman–Crippen LogP) is 4.78. The van der Waals surface area contributed by atoms with Crippen LogP contribution in [-0.4, -0.2) is 25.8 Å². The zero-order chi connectivity index (χ0) is 20.0. The molecule has 0 aliphatic carbocycles. The Hall–Kier alpha value is -2.72. The summed E-state index contributed by atoms with van der Waals surface area (Å²) in [4.78, 5) is 25.4. The molecule has 0 fully saturated rings. The van der Waals surface area contributed by atoms with Crippen molar-refractivity contribution in [2.24, 2.45) is 0 Å². The third-order valence-electron chi connectivity index (χ3n) is 4.38. The molecule has 0 spiro atoms. The quantitative estimate of drug-likeness (QED) is 0.498. The summed E-state index contributed by atoms with van der Waals surface area (Å²) in [6, 6.07) is 10.6. The standard InChI is InChI=1S/C23H26O4/c1-15(2)9-11-19-17(14-26-4)7-6-8-20(19)23(25)21-12-10-18(27-5)13-22(21)16(3)24/h6-10,12-13H,11,14H2,1-5H3. The molecule has 0 aliphatic rings. The highest BCUT2D eigenvalue weighted by Crippen LogP contribution is 2.25. The van der Waals surface area contributed by atoms with Crippen LogP contribution in [0.15, 0.2) is 48.0 Å². The number of ketones is 2. The molecule has 0 saturated heterocycles. The van der Waals surface area contributed by atoms with Crippen molar-refractivity contribution < 1.29 is 19.1 Å². The molecule has 0 atom stereocenters. The van der Waals surface area contributed by atoms with Gasteiger partial charge in [-0.3, -0.25) is 9.59 Å². The van der Waals surface area contributed by atoms with Gasteiger partial charge in [-0.15, -0.1) is 0 Å². The molecule has 0 bridgehead atoms. The lowest BCUT2D eigenvalue weighted by atomic mass is 9.90. The van der Waals surface area contributed by atoms with Crippen molar-refractivity contribution in [1.29, 1.82) is 0 Å². The highest BCUT2D eigenvalue weighted by molar-refractivity contribution is 6.16. The molecular weight excluding hydrogens is 340 g/mol. The van der Waals surface area contributed by atoms with Crippen LogP contribution < -0.4 is 4.74 Å². The van der Waals surface area contributed by atoms with E-state index >= 15 is 0 Å². The molecule has 27 heavy (non-hydrogen) atoms. The largest absolute Gasteiger partial charge is 0.497 e. The Bertz CT molecular complexity index is 874. The van der Waals surface area contributed by atoms with Gasteiger partial charge in [0.1, 0.15) is 5.75 Å². The lowest BCUT2D eigenvalue weighted by molar-refractivity contribution is 0.0989. The lowest BCUT2D eigenvalue weighted by Crippen LogP contribution is -2.12. The van der Waals surface area contributed by atoms with E-state index in [0.717, 1.165) is 11.1 Å². The van der Waals surface area contributed by atoms with E-state index in [4.69, 9.17) is 9.47 Å². The van der Waals surface area contributed by atoms with Gasteiger partial charge >= 0.3 is 0 Å². The number of Topliss-reactive ketones (excluding diaryl/α,β-unsaturated/α-hetero) is 1. The second-order valence-corrected chi connectivity index (χ2v) is 6.66. The Morgan fingerprint density at radius 1 is 0.963 bits per heavy atom. The van der Waals surface area contributed by atoms with Gasteiger partial charge in [0.25, 0.3) is 0 Å². The number of carbonyl (C=O) groups is 2. The molecule has 0 amide bonds. The van der Waals surface area contributed by atoms with E-state index in [1.54, 1.807) is 25.3 Å². The fraction of sp³-hybridized carbons (Fsp3) is 0.304. The molecule has 0 radical (unpaired) electrons. The minimum atomic E-state index is -0.170. The smallest absolute Gasteiger partial charge is 0.194 e. The van der Waals surface area contributed by atoms with Crippen molar-refractivity contribution >= 4 is 11.6 Å². The zero-order valence-electron chi connectivity index (χ0n) is 16.6. The zero-order valence-corrected chi connectivity index (χ0v) is 16.6. The Balaban J connectivity index is 2.60. The predicted molar refractivity (Wildman–Crippen MR) is 107 cm³/mol. The minimum absolute atomic E-state index is 0.169. The van der Waals surface area contributed by atoms with E-state index < -0.39 is 0 Å².